The molecule has 4 N–H and O–H groups in total. The third-order valence-corrected chi connectivity index (χ3v) is 3.16. The number of phosphoric ester groups is 1. The third-order valence-electron chi connectivity index (χ3n) is 2.68. The highest BCUT2D eigenvalue weighted by atomic mass is 31.2. The number of nitrogens with two attached hydrogens (primary N) is 1. The zero-order valence-electron chi connectivity index (χ0n) is 9.88. The van der Waals surface area contributed by atoms with Crippen molar-refractivity contribution in [2.45, 2.75) is 25.2 Å². The predicted octanol–water partition coefficient (Wildman–Crippen LogP) is -0.388. The van der Waals surface area contributed by atoms with Gasteiger partial charge in [-0.3, -0.25) is 9.09 Å². The van der Waals surface area contributed by atoms with Gasteiger partial charge in [-0.15, -0.1) is 0 Å². The van der Waals surface area contributed by atoms with Crippen LogP contribution in [0.3, 0.4) is 0 Å². The summed E-state index contributed by atoms with van der Waals surface area (Å²) in [5.41, 5.74) is 4.85. The van der Waals surface area contributed by atoms with Crippen molar-refractivity contribution in [2.75, 3.05) is 12.3 Å². The summed E-state index contributed by atoms with van der Waals surface area (Å²) in [5.74, 6) is 0.126. The second-order valence-corrected chi connectivity index (χ2v) is 5.36. The van der Waals surface area contributed by atoms with E-state index in [1.54, 1.807) is 0 Å². The van der Waals surface area contributed by atoms with Crippen molar-refractivity contribution >= 4 is 13.6 Å². The van der Waals surface area contributed by atoms with Gasteiger partial charge in [-0.05, 0) is 18.9 Å². The largest absolute Gasteiger partial charge is 0.469 e. The number of hydrogen-bond donors (Lipinski definition) is 3. The van der Waals surface area contributed by atoms with Crippen LogP contribution in [0.15, 0.2) is 17.1 Å². The lowest BCUT2D eigenvalue weighted by molar-refractivity contribution is -0.0242. The summed E-state index contributed by atoms with van der Waals surface area (Å²) in [6.07, 6.45) is 1.54. The maximum Gasteiger partial charge on any atom is 0.469 e. The molecule has 2 rings (SSSR count). The van der Waals surface area contributed by atoms with E-state index in [0.717, 1.165) is 0 Å². The standard InChI is InChI=1S/C9H14N3O6P/c10-7-3-4-12(9(13)11-7)8-2-1-6(18-8)5-17-19(14,15)16/h3-4,6,8H,1-2,5H2,(H2,10,11,13)(H2,14,15,16)/t6-,8-/m0/s1. The second-order valence-electron chi connectivity index (χ2n) is 4.12. The van der Waals surface area contributed by atoms with Crippen molar-refractivity contribution in [1.82, 2.24) is 9.55 Å². The fourth-order valence-corrected chi connectivity index (χ4v) is 2.20. The van der Waals surface area contributed by atoms with Gasteiger partial charge in [-0.1, -0.05) is 0 Å². The minimum absolute atomic E-state index is 0.126. The van der Waals surface area contributed by atoms with Gasteiger partial charge in [0.25, 0.3) is 0 Å². The minimum atomic E-state index is -4.50. The van der Waals surface area contributed by atoms with E-state index in [4.69, 9.17) is 20.3 Å². The molecule has 1 aromatic heterocycles. The lowest BCUT2D eigenvalue weighted by Crippen LogP contribution is -2.27. The molecule has 1 saturated heterocycles. The molecular weight excluding hydrogens is 277 g/mol. The second kappa shape index (κ2) is 5.40. The number of ether oxygens (including phenoxy) is 1. The molecule has 2 atom stereocenters. The summed E-state index contributed by atoms with van der Waals surface area (Å²) in [4.78, 5) is 32.3. The summed E-state index contributed by atoms with van der Waals surface area (Å²) in [7, 11) is -4.50. The molecule has 0 bridgehead atoms. The Labute approximate surface area is 108 Å². The Morgan fingerprint density at radius 2 is 2.32 bits per heavy atom. The van der Waals surface area contributed by atoms with Crippen LogP contribution in [-0.2, 0) is 13.8 Å². The van der Waals surface area contributed by atoms with Crippen LogP contribution < -0.4 is 11.4 Å². The molecule has 106 valence electrons. The summed E-state index contributed by atoms with van der Waals surface area (Å²) >= 11 is 0. The molecule has 0 saturated carbocycles. The molecule has 10 heteroatoms. The van der Waals surface area contributed by atoms with Gasteiger partial charge >= 0.3 is 13.5 Å². The smallest absolute Gasteiger partial charge is 0.383 e. The molecule has 0 aromatic carbocycles. The Hall–Kier alpha value is -1.25. The average Bonchev–Trinajstić information content (AvgIpc) is 2.74. The van der Waals surface area contributed by atoms with Crippen molar-refractivity contribution in [3.63, 3.8) is 0 Å². The molecule has 9 nitrogen and oxygen atoms in total. The highest BCUT2D eigenvalue weighted by molar-refractivity contribution is 7.46. The summed E-state index contributed by atoms with van der Waals surface area (Å²) < 4.78 is 21.7. The summed E-state index contributed by atoms with van der Waals surface area (Å²) in [5, 5.41) is 0. The number of phosphoric acid groups is 1. The molecule has 0 radical (unpaired) electrons. The van der Waals surface area contributed by atoms with Crippen molar-refractivity contribution in [1.29, 1.82) is 0 Å². The minimum Gasteiger partial charge on any atom is -0.383 e. The van der Waals surface area contributed by atoms with E-state index in [0.29, 0.717) is 12.8 Å². The lowest BCUT2D eigenvalue weighted by Gasteiger charge is -2.15. The molecule has 1 fully saturated rings. The van der Waals surface area contributed by atoms with Gasteiger partial charge in [0.1, 0.15) is 12.0 Å². The topological polar surface area (TPSA) is 137 Å². The first-order valence-electron chi connectivity index (χ1n) is 5.55. The molecule has 0 spiro atoms. The zero-order chi connectivity index (χ0) is 14.0. The monoisotopic (exact) mass is 291 g/mol. The summed E-state index contributed by atoms with van der Waals surface area (Å²) in [6.45, 7) is -0.224. The van der Waals surface area contributed by atoms with E-state index >= 15 is 0 Å². The zero-order valence-corrected chi connectivity index (χ0v) is 10.8. The maximum absolute atomic E-state index is 11.6. The maximum atomic E-state index is 11.6. The van der Waals surface area contributed by atoms with Gasteiger partial charge in [0.15, 0.2) is 0 Å². The van der Waals surface area contributed by atoms with E-state index in [1.165, 1.54) is 16.8 Å². The molecule has 1 aliphatic heterocycles. The summed E-state index contributed by atoms with van der Waals surface area (Å²) in [6, 6.07) is 1.48. The van der Waals surface area contributed by atoms with Crippen LogP contribution >= 0.6 is 7.82 Å². The Kier molecular flexibility index (Phi) is 4.02. The van der Waals surface area contributed by atoms with Crippen LogP contribution in [0.25, 0.3) is 0 Å². The number of nitrogens with zero attached hydrogens (tertiary/aromatic N) is 2. The first kappa shape index (κ1) is 14.2. The molecule has 0 amide bonds. The van der Waals surface area contributed by atoms with Crippen LogP contribution in [0, 0.1) is 0 Å². The molecule has 1 aliphatic rings. The van der Waals surface area contributed by atoms with Crippen molar-refractivity contribution in [2.24, 2.45) is 0 Å². The predicted molar refractivity (Wildman–Crippen MR) is 64.0 cm³/mol. The Morgan fingerprint density at radius 1 is 1.58 bits per heavy atom. The first-order valence-corrected chi connectivity index (χ1v) is 7.08. The van der Waals surface area contributed by atoms with Crippen molar-refractivity contribution < 1.29 is 23.6 Å². The van der Waals surface area contributed by atoms with Gasteiger partial charge in [0.2, 0.25) is 0 Å². The molecule has 2 heterocycles. The van der Waals surface area contributed by atoms with Gasteiger partial charge in [0, 0.05) is 6.20 Å². The fourth-order valence-electron chi connectivity index (χ4n) is 1.84. The lowest BCUT2D eigenvalue weighted by atomic mass is 10.2. The van der Waals surface area contributed by atoms with E-state index in [2.05, 4.69) is 9.51 Å². The van der Waals surface area contributed by atoms with Crippen LogP contribution in [-0.4, -0.2) is 32.0 Å². The van der Waals surface area contributed by atoms with Crippen LogP contribution in [0.1, 0.15) is 19.1 Å². The molecular formula is C9H14N3O6P. The normalized spacial score (nSPS) is 23.7. The number of hydrogen-bond acceptors (Lipinski definition) is 6. The first-order chi connectivity index (χ1) is 8.85. The Bertz CT molecular complexity index is 555. The highest BCUT2D eigenvalue weighted by Crippen LogP contribution is 2.37. The van der Waals surface area contributed by atoms with E-state index in [1.807, 2.05) is 0 Å². The molecule has 0 unspecified atom stereocenters. The van der Waals surface area contributed by atoms with Gasteiger partial charge in [-0.2, -0.15) is 4.98 Å². The number of rotatable bonds is 4. The molecule has 0 aliphatic carbocycles. The number of nitrogen functional groups attached to an aromatic ring is 1. The van der Waals surface area contributed by atoms with E-state index in [-0.39, 0.29) is 12.4 Å². The van der Waals surface area contributed by atoms with Gasteiger partial charge in [-0.25, -0.2) is 9.36 Å². The average molecular weight is 291 g/mol. The highest BCUT2D eigenvalue weighted by Gasteiger charge is 2.29. The Balaban J connectivity index is 1.98. The Morgan fingerprint density at radius 3 is 2.95 bits per heavy atom. The fraction of sp³-hybridized carbons (Fsp3) is 0.556. The quantitative estimate of drug-likeness (QED) is 0.638. The van der Waals surface area contributed by atoms with Gasteiger partial charge < -0.3 is 20.3 Å². The van der Waals surface area contributed by atoms with Crippen LogP contribution in [0.2, 0.25) is 0 Å². The SMILES string of the molecule is Nc1ccn([C@@H]2CC[C@@H](COP(=O)(O)O)O2)c(=O)n1. The van der Waals surface area contributed by atoms with Crippen molar-refractivity contribution in [3.05, 3.63) is 22.7 Å². The van der Waals surface area contributed by atoms with Gasteiger partial charge in [0.05, 0.1) is 12.7 Å². The van der Waals surface area contributed by atoms with Crippen LogP contribution in [0.5, 0.6) is 0 Å². The van der Waals surface area contributed by atoms with Crippen LogP contribution in [0.4, 0.5) is 5.82 Å². The molecule has 19 heavy (non-hydrogen) atoms. The number of aromatic nitrogens is 2. The number of anilines is 1. The van der Waals surface area contributed by atoms with E-state index < -0.39 is 25.8 Å². The third kappa shape index (κ3) is 3.85. The van der Waals surface area contributed by atoms with E-state index in [9.17, 15) is 9.36 Å². The van der Waals surface area contributed by atoms with Crippen molar-refractivity contribution in [3.8, 4) is 0 Å². The molecule has 1 aromatic rings.